The van der Waals surface area contributed by atoms with Crippen LogP contribution in [-0.4, -0.2) is 19.7 Å². The molecule has 1 unspecified atom stereocenters. The zero-order chi connectivity index (χ0) is 13.4. The first-order valence-corrected chi connectivity index (χ1v) is 6.53. The second kappa shape index (κ2) is 8.06. The van der Waals surface area contributed by atoms with Gasteiger partial charge in [-0.15, -0.1) is 0 Å². The molecular formula is C14H23FN2O. The first-order chi connectivity index (χ1) is 8.71. The minimum absolute atomic E-state index is 0.304. The summed E-state index contributed by atoms with van der Waals surface area (Å²) in [5, 5.41) is 3.29. The van der Waals surface area contributed by atoms with Gasteiger partial charge in [-0.05, 0) is 43.6 Å². The van der Waals surface area contributed by atoms with Crippen LogP contribution in [0.2, 0.25) is 0 Å². The Bertz CT molecular complexity index is 354. The first kappa shape index (κ1) is 14.9. The summed E-state index contributed by atoms with van der Waals surface area (Å²) in [5.74, 6) is 0.495. The van der Waals surface area contributed by atoms with Gasteiger partial charge in [0.25, 0.3) is 0 Å². The van der Waals surface area contributed by atoms with E-state index >= 15 is 0 Å². The second-order valence-electron chi connectivity index (χ2n) is 4.34. The lowest BCUT2D eigenvalue weighted by atomic mass is 10.1. The fraction of sp³-hybridized carbons (Fsp3) is 0.571. The largest absolute Gasteiger partial charge is 0.491 e. The number of nitrogens with one attached hydrogen (secondary N) is 1. The normalized spacial score (nSPS) is 12.4. The van der Waals surface area contributed by atoms with E-state index in [1.165, 1.54) is 6.07 Å². The number of hydrogen-bond donors (Lipinski definition) is 2. The third-order valence-electron chi connectivity index (χ3n) is 2.97. The van der Waals surface area contributed by atoms with Crippen molar-refractivity contribution in [3.63, 3.8) is 0 Å². The van der Waals surface area contributed by atoms with Crippen LogP contribution in [0.15, 0.2) is 18.2 Å². The predicted octanol–water partition coefficient (Wildman–Crippen LogP) is 2.30. The summed E-state index contributed by atoms with van der Waals surface area (Å²) < 4.78 is 18.7. The second-order valence-corrected chi connectivity index (χ2v) is 4.34. The molecule has 0 amide bonds. The molecule has 0 saturated carbocycles. The number of nitrogens with two attached hydrogens (primary N) is 1. The van der Waals surface area contributed by atoms with E-state index in [0.29, 0.717) is 31.4 Å². The summed E-state index contributed by atoms with van der Waals surface area (Å²) >= 11 is 0. The number of rotatable bonds is 8. The molecule has 18 heavy (non-hydrogen) atoms. The molecule has 0 aromatic heterocycles. The van der Waals surface area contributed by atoms with E-state index in [1.54, 1.807) is 6.07 Å². The average Bonchev–Trinajstić information content (AvgIpc) is 2.38. The highest BCUT2D eigenvalue weighted by Crippen LogP contribution is 2.18. The Kier molecular flexibility index (Phi) is 6.68. The molecular weight excluding hydrogens is 231 g/mol. The van der Waals surface area contributed by atoms with Gasteiger partial charge in [0.2, 0.25) is 0 Å². The van der Waals surface area contributed by atoms with Crippen LogP contribution in [0.4, 0.5) is 4.39 Å². The summed E-state index contributed by atoms with van der Waals surface area (Å²) in [5.41, 5.74) is 6.54. The lowest BCUT2D eigenvalue weighted by Gasteiger charge is -2.13. The Morgan fingerprint density at radius 1 is 1.39 bits per heavy atom. The molecule has 0 aliphatic heterocycles. The summed E-state index contributed by atoms with van der Waals surface area (Å²) in [7, 11) is 0. The molecule has 0 saturated heterocycles. The van der Waals surface area contributed by atoms with Gasteiger partial charge in [-0.2, -0.15) is 0 Å². The lowest BCUT2D eigenvalue weighted by Crippen LogP contribution is -2.27. The minimum Gasteiger partial charge on any atom is -0.491 e. The molecule has 3 nitrogen and oxygen atoms in total. The number of hydrogen-bond acceptors (Lipinski definition) is 3. The summed E-state index contributed by atoms with van der Waals surface area (Å²) in [4.78, 5) is 0. The van der Waals surface area contributed by atoms with Crippen LogP contribution >= 0.6 is 0 Å². The number of halogens is 1. The molecule has 1 atom stereocenters. The van der Waals surface area contributed by atoms with E-state index in [9.17, 15) is 4.39 Å². The zero-order valence-corrected chi connectivity index (χ0v) is 11.2. The smallest absolute Gasteiger partial charge is 0.165 e. The monoisotopic (exact) mass is 254 g/mol. The highest BCUT2D eigenvalue weighted by Gasteiger charge is 2.05. The van der Waals surface area contributed by atoms with Crippen LogP contribution in [0.25, 0.3) is 0 Å². The van der Waals surface area contributed by atoms with Crippen molar-refractivity contribution in [3.8, 4) is 5.75 Å². The van der Waals surface area contributed by atoms with Crippen molar-refractivity contribution in [2.75, 3.05) is 19.7 Å². The van der Waals surface area contributed by atoms with Crippen molar-refractivity contribution in [2.24, 2.45) is 11.7 Å². The average molecular weight is 254 g/mol. The SMILES string of the molecule is CCOc1ccc(CNCC(CC)CN)cc1F. The highest BCUT2D eigenvalue weighted by atomic mass is 19.1. The molecule has 0 spiro atoms. The molecule has 1 rings (SSSR count). The fourth-order valence-electron chi connectivity index (χ4n) is 1.74. The molecule has 3 N–H and O–H groups in total. The van der Waals surface area contributed by atoms with Gasteiger partial charge < -0.3 is 15.8 Å². The van der Waals surface area contributed by atoms with Gasteiger partial charge in [-0.1, -0.05) is 19.4 Å². The van der Waals surface area contributed by atoms with E-state index in [4.69, 9.17) is 10.5 Å². The molecule has 0 aliphatic carbocycles. The van der Waals surface area contributed by atoms with Gasteiger partial charge in [0.15, 0.2) is 11.6 Å². The van der Waals surface area contributed by atoms with Gasteiger partial charge in [0.1, 0.15) is 0 Å². The van der Waals surface area contributed by atoms with Crippen molar-refractivity contribution in [2.45, 2.75) is 26.8 Å². The quantitative estimate of drug-likeness (QED) is 0.748. The highest BCUT2D eigenvalue weighted by molar-refractivity contribution is 5.29. The van der Waals surface area contributed by atoms with Crippen molar-refractivity contribution in [1.82, 2.24) is 5.32 Å². The van der Waals surface area contributed by atoms with Crippen LogP contribution in [0.1, 0.15) is 25.8 Å². The third kappa shape index (κ3) is 4.63. The van der Waals surface area contributed by atoms with Crippen molar-refractivity contribution in [3.05, 3.63) is 29.6 Å². The summed E-state index contributed by atoms with van der Waals surface area (Å²) in [6, 6.07) is 5.07. The van der Waals surface area contributed by atoms with Crippen LogP contribution in [0.3, 0.4) is 0 Å². The number of benzene rings is 1. The Morgan fingerprint density at radius 3 is 2.72 bits per heavy atom. The fourth-order valence-corrected chi connectivity index (χ4v) is 1.74. The van der Waals surface area contributed by atoms with Crippen molar-refractivity contribution >= 4 is 0 Å². The van der Waals surface area contributed by atoms with Crippen LogP contribution in [-0.2, 0) is 6.54 Å². The van der Waals surface area contributed by atoms with E-state index in [0.717, 1.165) is 18.5 Å². The Labute approximate surface area is 109 Å². The molecule has 4 heteroatoms. The summed E-state index contributed by atoms with van der Waals surface area (Å²) in [6.45, 7) is 6.63. The molecule has 0 aliphatic rings. The Hall–Kier alpha value is -1.13. The van der Waals surface area contributed by atoms with Crippen LogP contribution < -0.4 is 15.8 Å². The molecule has 0 radical (unpaired) electrons. The van der Waals surface area contributed by atoms with Gasteiger partial charge >= 0.3 is 0 Å². The topological polar surface area (TPSA) is 47.3 Å². The Balaban J connectivity index is 2.45. The summed E-state index contributed by atoms with van der Waals surface area (Å²) in [6.07, 6.45) is 1.06. The van der Waals surface area contributed by atoms with E-state index in [-0.39, 0.29) is 5.82 Å². The zero-order valence-electron chi connectivity index (χ0n) is 11.2. The van der Waals surface area contributed by atoms with Gasteiger partial charge in [0, 0.05) is 6.54 Å². The predicted molar refractivity (Wildman–Crippen MR) is 72.1 cm³/mol. The lowest BCUT2D eigenvalue weighted by molar-refractivity contribution is 0.321. The molecule has 1 aromatic rings. The minimum atomic E-state index is -0.304. The number of ether oxygens (including phenoxy) is 1. The third-order valence-corrected chi connectivity index (χ3v) is 2.97. The van der Waals surface area contributed by atoms with E-state index < -0.39 is 0 Å². The van der Waals surface area contributed by atoms with Gasteiger partial charge in [-0.3, -0.25) is 0 Å². The van der Waals surface area contributed by atoms with Crippen molar-refractivity contribution < 1.29 is 9.13 Å². The van der Waals surface area contributed by atoms with Gasteiger partial charge in [0.05, 0.1) is 6.61 Å². The maximum absolute atomic E-state index is 13.6. The first-order valence-electron chi connectivity index (χ1n) is 6.53. The van der Waals surface area contributed by atoms with Crippen LogP contribution in [0, 0.1) is 11.7 Å². The van der Waals surface area contributed by atoms with E-state index in [1.807, 2.05) is 13.0 Å². The maximum atomic E-state index is 13.6. The molecule has 1 aromatic carbocycles. The Morgan fingerprint density at radius 2 is 2.17 bits per heavy atom. The van der Waals surface area contributed by atoms with Crippen LogP contribution in [0.5, 0.6) is 5.75 Å². The van der Waals surface area contributed by atoms with Crippen molar-refractivity contribution in [1.29, 1.82) is 0 Å². The molecule has 0 bridgehead atoms. The standard InChI is InChI=1S/C14H23FN2O/c1-3-11(8-16)9-17-10-12-5-6-14(18-4-2)13(15)7-12/h5-7,11,17H,3-4,8-10,16H2,1-2H3. The van der Waals surface area contributed by atoms with Gasteiger partial charge in [-0.25, -0.2) is 4.39 Å². The molecule has 102 valence electrons. The molecule has 0 fully saturated rings. The van der Waals surface area contributed by atoms with E-state index in [2.05, 4.69) is 12.2 Å². The maximum Gasteiger partial charge on any atom is 0.165 e. The molecule has 0 heterocycles.